The SMILES string of the molecule is Cl.NC(CCO)c1ccc(F)cn1. The zero-order chi connectivity index (χ0) is 8.97. The molecule has 13 heavy (non-hydrogen) atoms. The van der Waals surface area contributed by atoms with Crippen LogP contribution in [0.15, 0.2) is 18.3 Å². The number of pyridine rings is 1. The molecule has 0 bridgehead atoms. The van der Waals surface area contributed by atoms with E-state index >= 15 is 0 Å². The maximum Gasteiger partial charge on any atom is 0.141 e. The lowest BCUT2D eigenvalue weighted by Gasteiger charge is -2.07. The van der Waals surface area contributed by atoms with Gasteiger partial charge in [0.25, 0.3) is 0 Å². The van der Waals surface area contributed by atoms with Gasteiger partial charge in [-0.05, 0) is 18.6 Å². The van der Waals surface area contributed by atoms with Crippen LogP contribution in [0.2, 0.25) is 0 Å². The number of halogens is 2. The van der Waals surface area contributed by atoms with Crippen LogP contribution in [0.1, 0.15) is 18.2 Å². The van der Waals surface area contributed by atoms with Gasteiger partial charge in [-0.1, -0.05) is 0 Å². The molecule has 0 amide bonds. The topological polar surface area (TPSA) is 59.1 Å². The van der Waals surface area contributed by atoms with Crippen LogP contribution in [-0.2, 0) is 0 Å². The summed E-state index contributed by atoms with van der Waals surface area (Å²) in [6.45, 7) is 0.0141. The van der Waals surface area contributed by atoms with Crippen LogP contribution in [0.4, 0.5) is 4.39 Å². The minimum atomic E-state index is -0.380. The molecule has 0 aliphatic heterocycles. The molecule has 1 atom stereocenters. The van der Waals surface area contributed by atoms with Gasteiger partial charge < -0.3 is 10.8 Å². The van der Waals surface area contributed by atoms with Crippen molar-refractivity contribution in [1.82, 2.24) is 4.98 Å². The van der Waals surface area contributed by atoms with E-state index in [0.717, 1.165) is 6.20 Å². The number of aliphatic hydroxyl groups excluding tert-OH is 1. The minimum absolute atomic E-state index is 0. The molecule has 0 aliphatic rings. The van der Waals surface area contributed by atoms with Crippen LogP contribution in [0.25, 0.3) is 0 Å². The zero-order valence-corrected chi connectivity index (χ0v) is 7.80. The highest BCUT2D eigenvalue weighted by molar-refractivity contribution is 5.85. The Hall–Kier alpha value is -0.710. The molecule has 1 unspecified atom stereocenters. The second kappa shape index (κ2) is 5.85. The Bertz CT molecular complexity index is 242. The monoisotopic (exact) mass is 206 g/mol. The maximum atomic E-state index is 12.4. The average Bonchev–Trinajstić information content (AvgIpc) is 2.06. The van der Waals surface area contributed by atoms with Crippen molar-refractivity contribution in [2.24, 2.45) is 5.73 Å². The molecular formula is C8H12ClFN2O. The highest BCUT2D eigenvalue weighted by Gasteiger charge is 2.05. The maximum absolute atomic E-state index is 12.4. The summed E-state index contributed by atoms with van der Waals surface area (Å²) in [4.78, 5) is 3.79. The highest BCUT2D eigenvalue weighted by Crippen LogP contribution is 2.10. The van der Waals surface area contributed by atoms with Crippen molar-refractivity contribution in [3.05, 3.63) is 29.8 Å². The molecule has 1 heterocycles. The quantitative estimate of drug-likeness (QED) is 0.777. The molecule has 0 radical (unpaired) electrons. The van der Waals surface area contributed by atoms with E-state index in [9.17, 15) is 4.39 Å². The first-order valence-corrected chi connectivity index (χ1v) is 3.72. The van der Waals surface area contributed by atoms with Crippen LogP contribution in [0.3, 0.4) is 0 Å². The number of hydrogen-bond donors (Lipinski definition) is 2. The molecule has 0 aliphatic carbocycles. The standard InChI is InChI=1S/C8H11FN2O.ClH/c9-6-1-2-8(11-5-6)7(10)3-4-12;/h1-2,5,7,12H,3-4,10H2;1H. The number of rotatable bonds is 3. The second-order valence-electron chi connectivity index (χ2n) is 2.52. The summed E-state index contributed by atoms with van der Waals surface area (Å²) in [6, 6.07) is 2.52. The van der Waals surface area contributed by atoms with Crippen molar-refractivity contribution in [2.75, 3.05) is 6.61 Å². The largest absolute Gasteiger partial charge is 0.396 e. The van der Waals surface area contributed by atoms with Crippen LogP contribution in [-0.4, -0.2) is 16.7 Å². The smallest absolute Gasteiger partial charge is 0.141 e. The summed E-state index contributed by atoms with van der Waals surface area (Å²) < 4.78 is 12.4. The fourth-order valence-corrected chi connectivity index (χ4v) is 0.894. The van der Waals surface area contributed by atoms with E-state index in [-0.39, 0.29) is 30.9 Å². The van der Waals surface area contributed by atoms with E-state index in [2.05, 4.69) is 4.98 Å². The fourth-order valence-electron chi connectivity index (χ4n) is 0.894. The van der Waals surface area contributed by atoms with Crippen molar-refractivity contribution >= 4 is 12.4 Å². The molecular weight excluding hydrogens is 195 g/mol. The number of hydrogen-bond acceptors (Lipinski definition) is 3. The Morgan fingerprint density at radius 3 is 2.69 bits per heavy atom. The third-order valence-electron chi connectivity index (χ3n) is 1.57. The van der Waals surface area contributed by atoms with Gasteiger partial charge in [-0.25, -0.2) is 4.39 Å². The van der Waals surface area contributed by atoms with Crippen LogP contribution in [0.5, 0.6) is 0 Å². The fraction of sp³-hybridized carbons (Fsp3) is 0.375. The van der Waals surface area contributed by atoms with E-state index in [1.165, 1.54) is 12.1 Å². The lowest BCUT2D eigenvalue weighted by atomic mass is 10.1. The van der Waals surface area contributed by atoms with Crippen molar-refractivity contribution in [1.29, 1.82) is 0 Å². The van der Waals surface area contributed by atoms with Crippen molar-refractivity contribution in [3.8, 4) is 0 Å². The number of aromatic nitrogens is 1. The van der Waals surface area contributed by atoms with Gasteiger partial charge in [-0.2, -0.15) is 0 Å². The Morgan fingerprint density at radius 1 is 1.54 bits per heavy atom. The Balaban J connectivity index is 0.00000144. The third kappa shape index (κ3) is 3.67. The normalized spacial score (nSPS) is 11.9. The number of nitrogens with two attached hydrogens (primary N) is 1. The van der Waals surface area contributed by atoms with E-state index in [4.69, 9.17) is 10.8 Å². The van der Waals surface area contributed by atoms with E-state index in [1.807, 2.05) is 0 Å². The molecule has 0 saturated carbocycles. The molecule has 1 aromatic heterocycles. The molecule has 0 spiro atoms. The van der Waals surface area contributed by atoms with Crippen LogP contribution >= 0.6 is 12.4 Å². The summed E-state index contributed by atoms with van der Waals surface area (Å²) in [7, 11) is 0. The molecule has 5 heteroatoms. The first-order valence-electron chi connectivity index (χ1n) is 3.72. The van der Waals surface area contributed by atoms with E-state index < -0.39 is 0 Å². The van der Waals surface area contributed by atoms with Gasteiger partial charge in [-0.15, -0.1) is 12.4 Å². The van der Waals surface area contributed by atoms with Crippen molar-refractivity contribution in [2.45, 2.75) is 12.5 Å². The predicted molar refractivity (Wildman–Crippen MR) is 50.1 cm³/mol. The lowest BCUT2D eigenvalue weighted by molar-refractivity contribution is 0.275. The van der Waals surface area contributed by atoms with Gasteiger partial charge in [0.05, 0.1) is 11.9 Å². The van der Waals surface area contributed by atoms with Gasteiger partial charge in [0, 0.05) is 12.6 Å². The van der Waals surface area contributed by atoms with Gasteiger partial charge >= 0.3 is 0 Å². The lowest BCUT2D eigenvalue weighted by Crippen LogP contribution is -2.13. The van der Waals surface area contributed by atoms with Crippen LogP contribution in [0, 0.1) is 5.82 Å². The molecule has 1 aromatic rings. The molecule has 0 aromatic carbocycles. The summed E-state index contributed by atoms with van der Waals surface area (Å²) >= 11 is 0. The Labute approximate surface area is 82.2 Å². The van der Waals surface area contributed by atoms with Crippen molar-refractivity contribution in [3.63, 3.8) is 0 Å². The van der Waals surface area contributed by atoms with Crippen molar-refractivity contribution < 1.29 is 9.50 Å². The Kier molecular flexibility index (Phi) is 5.53. The molecule has 0 saturated heterocycles. The molecule has 1 rings (SSSR count). The first kappa shape index (κ1) is 12.3. The number of aliphatic hydroxyl groups is 1. The van der Waals surface area contributed by atoms with Gasteiger partial charge in [-0.3, -0.25) is 4.98 Å². The van der Waals surface area contributed by atoms with E-state index in [0.29, 0.717) is 12.1 Å². The van der Waals surface area contributed by atoms with Gasteiger partial charge in [0.2, 0.25) is 0 Å². The summed E-state index contributed by atoms with van der Waals surface area (Å²) in [5, 5.41) is 8.57. The second-order valence-corrected chi connectivity index (χ2v) is 2.52. The first-order chi connectivity index (χ1) is 5.74. The summed E-state index contributed by atoms with van der Waals surface area (Å²) in [6.07, 6.45) is 1.56. The average molecular weight is 207 g/mol. The molecule has 3 nitrogen and oxygen atoms in total. The molecule has 74 valence electrons. The highest BCUT2D eigenvalue weighted by atomic mass is 35.5. The summed E-state index contributed by atoms with van der Waals surface area (Å²) in [5.41, 5.74) is 6.21. The predicted octanol–water partition coefficient (Wildman–Crippen LogP) is 1.02. The van der Waals surface area contributed by atoms with Crippen LogP contribution < -0.4 is 5.73 Å². The molecule has 0 fully saturated rings. The van der Waals surface area contributed by atoms with Gasteiger partial charge in [0.15, 0.2) is 0 Å². The minimum Gasteiger partial charge on any atom is -0.396 e. The third-order valence-corrected chi connectivity index (χ3v) is 1.57. The molecule has 3 N–H and O–H groups in total. The Morgan fingerprint density at radius 2 is 2.23 bits per heavy atom. The zero-order valence-electron chi connectivity index (χ0n) is 6.98. The van der Waals surface area contributed by atoms with E-state index in [1.54, 1.807) is 0 Å². The summed E-state index contributed by atoms with van der Waals surface area (Å²) in [5.74, 6) is -0.380. The number of nitrogens with zero attached hydrogens (tertiary/aromatic N) is 1. The van der Waals surface area contributed by atoms with Gasteiger partial charge in [0.1, 0.15) is 5.82 Å².